The van der Waals surface area contributed by atoms with Gasteiger partial charge in [-0.05, 0) is 44.4 Å². The zero-order chi connectivity index (χ0) is 32.9. The number of nitrogens with zero attached hydrogens (tertiary/aromatic N) is 2. The van der Waals surface area contributed by atoms with Crippen LogP contribution >= 0.6 is 0 Å². The van der Waals surface area contributed by atoms with Gasteiger partial charge in [0.1, 0.15) is 6.54 Å². The predicted molar refractivity (Wildman–Crippen MR) is 196 cm³/mol. The molecule has 1 unspecified atom stereocenters. The molecule has 2 aliphatic heterocycles. The predicted octanol–water partition coefficient (Wildman–Crippen LogP) is 7.81. The van der Waals surface area contributed by atoms with Gasteiger partial charge in [-0.2, -0.15) is 4.58 Å². The van der Waals surface area contributed by atoms with E-state index in [0.717, 1.165) is 31.6 Å². The molecule has 3 aromatic rings. The van der Waals surface area contributed by atoms with Crippen LogP contribution in [0.25, 0.3) is 12.2 Å². The number of unbranched alkanes of at least 4 members (excludes halogenated alkanes) is 10. The van der Waals surface area contributed by atoms with E-state index >= 15 is 0 Å². The molecular formula is C42H57N2O2+. The number of para-hydroxylation sites is 2. The summed E-state index contributed by atoms with van der Waals surface area (Å²) in [6.45, 7) is 15.3. The SMILES string of the molecule is CCCCCCCCN1c2ccccc2C(C)(C)C1C=c1c(=O)c(=CC2=[N+](CCCCCCCC)c3ccccc3C2(C)C)c1=O. The molecule has 46 heavy (non-hydrogen) atoms. The van der Waals surface area contributed by atoms with Crippen LogP contribution in [-0.4, -0.2) is 29.4 Å². The highest BCUT2D eigenvalue weighted by atomic mass is 16.1. The van der Waals surface area contributed by atoms with Crippen molar-refractivity contribution in [1.82, 2.24) is 0 Å². The first kappa shape index (κ1) is 34.1. The molecule has 3 aromatic carbocycles. The van der Waals surface area contributed by atoms with Crippen LogP contribution in [-0.2, 0) is 10.8 Å². The summed E-state index contributed by atoms with van der Waals surface area (Å²) in [6.07, 6.45) is 18.8. The smallest absolute Gasteiger partial charge is 0.209 e. The molecule has 4 heteroatoms. The lowest BCUT2D eigenvalue weighted by atomic mass is 9.79. The van der Waals surface area contributed by atoms with E-state index in [1.54, 1.807) is 0 Å². The van der Waals surface area contributed by atoms with E-state index in [9.17, 15) is 9.59 Å². The van der Waals surface area contributed by atoms with Crippen molar-refractivity contribution in [1.29, 1.82) is 0 Å². The lowest BCUT2D eigenvalue weighted by molar-refractivity contribution is -0.437. The quantitative estimate of drug-likeness (QED) is 0.121. The maximum atomic E-state index is 13.8. The molecule has 2 aliphatic rings. The Balaban J connectivity index is 1.47. The van der Waals surface area contributed by atoms with Crippen molar-refractivity contribution < 1.29 is 4.58 Å². The summed E-state index contributed by atoms with van der Waals surface area (Å²) >= 11 is 0. The van der Waals surface area contributed by atoms with Crippen LogP contribution < -0.4 is 26.2 Å². The minimum Gasteiger partial charge on any atom is -0.364 e. The molecule has 0 bridgehead atoms. The normalized spacial score (nSPS) is 17.9. The third kappa shape index (κ3) is 6.60. The molecule has 246 valence electrons. The van der Waals surface area contributed by atoms with Gasteiger partial charge in [0.15, 0.2) is 5.71 Å². The van der Waals surface area contributed by atoms with E-state index in [4.69, 9.17) is 0 Å². The number of hydrogen-bond donors (Lipinski definition) is 0. The number of hydrogen-bond acceptors (Lipinski definition) is 3. The van der Waals surface area contributed by atoms with Gasteiger partial charge in [-0.15, -0.1) is 0 Å². The Bertz CT molecular complexity index is 1700. The second-order valence-corrected chi connectivity index (χ2v) is 14.9. The molecule has 5 rings (SSSR count). The number of anilines is 1. The van der Waals surface area contributed by atoms with Crippen LogP contribution in [0.1, 0.15) is 130 Å². The third-order valence-electron chi connectivity index (χ3n) is 10.9. The van der Waals surface area contributed by atoms with Crippen molar-refractivity contribution in [3.05, 3.63) is 90.5 Å². The molecule has 1 atom stereocenters. The van der Waals surface area contributed by atoms with Crippen molar-refractivity contribution in [3.63, 3.8) is 0 Å². The molecule has 0 radical (unpaired) electrons. The Morgan fingerprint density at radius 3 is 1.93 bits per heavy atom. The van der Waals surface area contributed by atoms with Gasteiger partial charge >= 0.3 is 0 Å². The Morgan fingerprint density at radius 1 is 0.696 bits per heavy atom. The van der Waals surface area contributed by atoms with E-state index in [2.05, 4.69) is 99.5 Å². The summed E-state index contributed by atoms with van der Waals surface area (Å²) < 4.78 is 2.38. The Morgan fingerprint density at radius 2 is 1.26 bits per heavy atom. The molecular weight excluding hydrogens is 564 g/mol. The van der Waals surface area contributed by atoms with E-state index in [-0.39, 0.29) is 27.7 Å². The lowest BCUT2D eigenvalue weighted by Gasteiger charge is -2.32. The van der Waals surface area contributed by atoms with Crippen LogP contribution in [0.15, 0.2) is 58.1 Å². The first-order chi connectivity index (χ1) is 22.1. The summed E-state index contributed by atoms with van der Waals surface area (Å²) in [4.78, 5) is 30.1. The van der Waals surface area contributed by atoms with Gasteiger partial charge in [-0.25, -0.2) is 0 Å². The number of rotatable bonds is 16. The van der Waals surface area contributed by atoms with Crippen LogP contribution in [0.2, 0.25) is 0 Å². The highest BCUT2D eigenvalue weighted by Crippen LogP contribution is 2.46. The highest BCUT2D eigenvalue weighted by Gasteiger charge is 2.45. The number of fused-ring (bicyclic) bond motifs is 2. The van der Waals surface area contributed by atoms with E-state index in [0.29, 0.717) is 10.4 Å². The first-order valence-corrected chi connectivity index (χ1v) is 18.3. The molecule has 0 aromatic heterocycles. The summed E-state index contributed by atoms with van der Waals surface area (Å²) in [7, 11) is 0. The van der Waals surface area contributed by atoms with Crippen molar-refractivity contribution >= 4 is 29.2 Å². The number of benzene rings is 2. The second-order valence-electron chi connectivity index (χ2n) is 14.9. The zero-order valence-corrected chi connectivity index (χ0v) is 29.5. The van der Waals surface area contributed by atoms with Crippen molar-refractivity contribution in [2.24, 2.45) is 0 Å². The summed E-state index contributed by atoms with van der Waals surface area (Å²) in [5.74, 6) is 0. The van der Waals surface area contributed by atoms with Gasteiger partial charge in [0.05, 0.1) is 21.9 Å². The molecule has 0 saturated heterocycles. The maximum Gasteiger partial charge on any atom is 0.209 e. The summed E-state index contributed by atoms with van der Waals surface area (Å²) in [5.41, 5.74) is 5.38. The van der Waals surface area contributed by atoms with Crippen molar-refractivity contribution in [3.8, 4) is 0 Å². The average Bonchev–Trinajstić information content (AvgIpc) is 3.40. The van der Waals surface area contributed by atoms with Crippen molar-refractivity contribution in [2.75, 3.05) is 18.0 Å². The van der Waals surface area contributed by atoms with Crippen LogP contribution in [0, 0.1) is 0 Å². The Hall–Kier alpha value is -3.27. The fourth-order valence-electron chi connectivity index (χ4n) is 7.99. The monoisotopic (exact) mass is 621 g/mol. The largest absolute Gasteiger partial charge is 0.364 e. The van der Waals surface area contributed by atoms with Crippen molar-refractivity contribution in [2.45, 2.75) is 135 Å². The van der Waals surface area contributed by atoms with Gasteiger partial charge in [0.2, 0.25) is 16.5 Å². The molecule has 0 amide bonds. The van der Waals surface area contributed by atoms with Crippen LogP contribution in [0.3, 0.4) is 0 Å². The molecule has 0 aliphatic carbocycles. The molecule has 0 spiro atoms. The standard InChI is InChI=1S/C42H57N2O2/c1-7-9-11-13-15-21-27-43-35-25-19-17-23-33(35)41(3,4)37(43)29-31-39(45)32(40(31)46)30-38-42(5,6)34-24-18-20-26-36(34)44(38)28-22-16-14-12-10-8-2/h17-20,23-26,29-30,37H,7-16,21-22,27-28H2,1-6H3/q+1. The third-order valence-corrected chi connectivity index (χ3v) is 10.9. The minimum atomic E-state index is -0.283. The average molecular weight is 622 g/mol. The second kappa shape index (κ2) is 14.7. The molecule has 0 N–H and O–H groups in total. The molecule has 0 fully saturated rings. The summed E-state index contributed by atoms with van der Waals surface area (Å²) in [5, 5.41) is 0.701. The van der Waals surface area contributed by atoms with E-state index < -0.39 is 0 Å². The topological polar surface area (TPSA) is 40.4 Å². The van der Waals surface area contributed by atoms with Crippen LogP contribution in [0.5, 0.6) is 0 Å². The van der Waals surface area contributed by atoms with E-state index in [1.165, 1.54) is 86.7 Å². The molecule has 0 saturated carbocycles. The summed E-state index contributed by atoms with van der Waals surface area (Å²) in [6, 6.07) is 17.2. The highest BCUT2D eigenvalue weighted by molar-refractivity contribution is 6.15. The first-order valence-electron chi connectivity index (χ1n) is 18.3. The molecule has 2 heterocycles. The van der Waals surface area contributed by atoms with Gasteiger partial charge in [-0.3, -0.25) is 9.59 Å². The van der Waals surface area contributed by atoms with Crippen LogP contribution in [0.4, 0.5) is 11.4 Å². The van der Waals surface area contributed by atoms with Gasteiger partial charge in [0.25, 0.3) is 0 Å². The van der Waals surface area contributed by atoms with E-state index in [1.807, 2.05) is 12.2 Å². The Labute approximate surface area is 277 Å². The molecule has 4 nitrogen and oxygen atoms in total. The fraction of sp³-hybridized carbons (Fsp3) is 0.548. The van der Waals surface area contributed by atoms with Gasteiger partial charge < -0.3 is 4.90 Å². The minimum absolute atomic E-state index is 0.0333. The Kier molecular flexibility index (Phi) is 10.9. The lowest BCUT2D eigenvalue weighted by Crippen LogP contribution is -2.66. The van der Waals surface area contributed by atoms with Gasteiger partial charge in [-0.1, -0.05) is 122 Å². The zero-order valence-electron chi connectivity index (χ0n) is 29.5. The fourth-order valence-corrected chi connectivity index (χ4v) is 7.99. The van der Waals surface area contributed by atoms with Gasteiger partial charge in [0, 0.05) is 41.8 Å². The maximum absolute atomic E-state index is 13.8.